The number of hydrogen-bond acceptors (Lipinski definition) is 9. The van der Waals surface area contributed by atoms with Crippen molar-refractivity contribution in [3.63, 3.8) is 0 Å². The normalized spacial score (nSPS) is 14.8. The highest BCUT2D eigenvalue weighted by atomic mass is 16.5. The van der Waals surface area contributed by atoms with Crippen molar-refractivity contribution in [2.45, 2.75) is 90.8 Å². The van der Waals surface area contributed by atoms with Gasteiger partial charge in [0, 0.05) is 66.8 Å². The van der Waals surface area contributed by atoms with E-state index < -0.39 is 11.6 Å². The number of ether oxygens (including phenoxy) is 1. The van der Waals surface area contributed by atoms with Crippen LogP contribution in [0.15, 0.2) is 48.7 Å². The summed E-state index contributed by atoms with van der Waals surface area (Å²) in [7, 11) is 0. The van der Waals surface area contributed by atoms with Crippen LogP contribution in [-0.2, 0) is 37.3 Å². The van der Waals surface area contributed by atoms with Crippen LogP contribution in [-0.4, -0.2) is 67.3 Å². The fraction of sp³-hybridized carbons (Fsp3) is 0.472. The summed E-state index contributed by atoms with van der Waals surface area (Å²) in [6.45, 7) is 10.7. The van der Waals surface area contributed by atoms with Crippen molar-refractivity contribution in [1.82, 2.24) is 25.4 Å². The fourth-order valence-corrected chi connectivity index (χ4v) is 6.20. The highest BCUT2D eigenvalue weighted by Crippen LogP contribution is 2.31. The van der Waals surface area contributed by atoms with E-state index in [0.717, 1.165) is 72.6 Å². The number of nitrogens with zero attached hydrogens (tertiary/aromatic N) is 3. The Balaban J connectivity index is 1.27. The van der Waals surface area contributed by atoms with Crippen LogP contribution in [0.3, 0.4) is 0 Å². The quantitative estimate of drug-likeness (QED) is 0.117. The number of aliphatic hydroxyl groups excluding tert-OH is 2. The zero-order valence-corrected chi connectivity index (χ0v) is 27.8. The van der Waals surface area contributed by atoms with Gasteiger partial charge in [-0.05, 0) is 81.8 Å². The van der Waals surface area contributed by atoms with Crippen molar-refractivity contribution < 1.29 is 24.9 Å². The molecule has 1 amide bonds. The maximum Gasteiger partial charge on any atom is 0.251 e. The number of phenols is 1. The predicted octanol–water partition coefficient (Wildman–Crippen LogP) is 4.38. The summed E-state index contributed by atoms with van der Waals surface area (Å²) in [5.74, 6) is -0.163. The van der Waals surface area contributed by atoms with E-state index in [0.29, 0.717) is 29.7 Å². The monoisotopic (exact) mass is 644 g/mol. The number of hydrogen-bond donors (Lipinski definition) is 6. The summed E-state index contributed by atoms with van der Waals surface area (Å²) in [6, 6.07) is 12.6. The first-order chi connectivity index (χ1) is 22.6. The number of rotatable bonds is 14. The third kappa shape index (κ3) is 8.28. The van der Waals surface area contributed by atoms with E-state index >= 15 is 0 Å². The highest BCUT2D eigenvalue weighted by molar-refractivity contribution is 5.95. The number of aromatic hydroxyl groups is 1. The summed E-state index contributed by atoms with van der Waals surface area (Å²) < 4.78 is 7.50. The molecule has 5 rings (SSSR count). The number of aliphatic hydroxyl groups is 2. The van der Waals surface area contributed by atoms with E-state index in [-0.39, 0.29) is 30.9 Å². The van der Waals surface area contributed by atoms with Crippen molar-refractivity contribution in [2.24, 2.45) is 0 Å². The standard InChI is InChI=1S/C36H48N6O5/c1-5-30-28(33(40-27-12-14-47-15-13-27)29-20-39-42(6-2)34(29)41-30)19-37-35(46)25-9-7-8-23(16-25)18-36(3,4)38-21-32(45)24-10-11-31(44)26(17-24)22-43/h7-11,16-17,20,27,32,38,43-45H,5-6,12-15,18-19,21-22H2,1-4H3,(H,37,46)(H,40,41). The van der Waals surface area contributed by atoms with Gasteiger partial charge in [0.2, 0.25) is 0 Å². The van der Waals surface area contributed by atoms with Crippen LogP contribution in [0.2, 0.25) is 0 Å². The van der Waals surface area contributed by atoms with E-state index in [9.17, 15) is 20.1 Å². The number of β-amino-alcohol motifs (C(OH)–C–C–N with tert-alkyl or cyclic N) is 1. The number of carbonyl (C=O) groups excluding carboxylic acids is 1. The minimum absolute atomic E-state index is 0.000243. The van der Waals surface area contributed by atoms with Crippen molar-refractivity contribution in [1.29, 1.82) is 0 Å². The van der Waals surface area contributed by atoms with Crippen LogP contribution in [0.25, 0.3) is 11.0 Å². The second-order valence-corrected chi connectivity index (χ2v) is 12.9. The van der Waals surface area contributed by atoms with Gasteiger partial charge in [-0.3, -0.25) is 4.79 Å². The van der Waals surface area contributed by atoms with Crippen LogP contribution in [0, 0.1) is 0 Å². The van der Waals surface area contributed by atoms with Crippen molar-refractivity contribution >= 4 is 22.6 Å². The average Bonchev–Trinajstić information content (AvgIpc) is 3.50. The number of amides is 1. The molecule has 252 valence electrons. The van der Waals surface area contributed by atoms with Gasteiger partial charge < -0.3 is 36.0 Å². The Morgan fingerprint density at radius 1 is 1.15 bits per heavy atom. The molecule has 0 aliphatic carbocycles. The number of fused-ring (bicyclic) bond motifs is 1. The van der Waals surface area contributed by atoms with E-state index in [1.165, 1.54) is 6.07 Å². The van der Waals surface area contributed by atoms with Gasteiger partial charge in [-0.1, -0.05) is 25.1 Å². The van der Waals surface area contributed by atoms with Crippen molar-refractivity contribution in [3.8, 4) is 5.75 Å². The lowest BCUT2D eigenvalue weighted by molar-refractivity contribution is 0.0904. The fourth-order valence-electron chi connectivity index (χ4n) is 6.20. The molecule has 4 aromatic rings. The molecular formula is C36H48N6O5. The largest absolute Gasteiger partial charge is 0.508 e. The summed E-state index contributed by atoms with van der Waals surface area (Å²) in [5.41, 5.74) is 5.91. The van der Waals surface area contributed by atoms with Crippen LogP contribution < -0.4 is 16.0 Å². The zero-order valence-electron chi connectivity index (χ0n) is 27.8. The van der Waals surface area contributed by atoms with Gasteiger partial charge in [-0.2, -0.15) is 5.10 Å². The zero-order chi connectivity index (χ0) is 33.6. The number of anilines is 1. The number of benzene rings is 2. The molecule has 6 N–H and O–H groups in total. The molecule has 3 heterocycles. The first-order valence-electron chi connectivity index (χ1n) is 16.6. The Morgan fingerprint density at radius 2 is 1.94 bits per heavy atom. The second kappa shape index (κ2) is 15.2. The molecule has 0 spiro atoms. The molecule has 2 aromatic carbocycles. The molecule has 1 atom stereocenters. The number of carbonyl (C=O) groups is 1. The van der Waals surface area contributed by atoms with E-state index in [2.05, 4.69) is 34.9 Å². The minimum atomic E-state index is -0.818. The molecule has 11 heteroatoms. The van der Waals surface area contributed by atoms with Crippen molar-refractivity contribution in [3.05, 3.63) is 82.2 Å². The molecule has 1 aliphatic rings. The van der Waals surface area contributed by atoms with Crippen LogP contribution in [0.4, 0.5) is 5.69 Å². The van der Waals surface area contributed by atoms with Gasteiger partial charge >= 0.3 is 0 Å². The van der Waals surface area contributed by atoms with Gasteiger partial charge in [0.25, 0.3) is 5.91 Å². The summed E-state index contributed by atoms with van der Waals surface area (Å²) >= 11 is 0. The summed E-state index contributed by atoms with van der Waals surface area (Å²) in [5, 5.41) is 45.9. The third-order valence-electron chi connectivity index (χ3n) is 8.87. The molecule has 0 radical (unpaired) electrons. The van der Waals surface area contributed by atoms with Gasteiger partial charge in [-0.15, -0.1) is 0 Å². The summed E-state index contributed by atoms with van der Waals surface area (Å²) in [6.07, 6.45) is 4.23. The number of nitrogens with one attached hydrogen (secondary N) is 3. The minimum Gasteiger partial charge on any atom is -0.508 e. The second-order valence-electron chi connectivity index (χ2n) is 12.9. The Morgan fingerprint density at radius 3 is 2.66 bits per heavy atom. The van der Waals surface area contributed by atoms with Gasteiger partial charge in [0.05, 0.1) is 30.0 Å². The molecular weight excluding hydrogens is 596 g/mol. The van der Waals surface area contributed by atoms with Crippen LogP contribution >= 0.6 is 0 Å². The maximum atomic E-state index is 13.5. The van der Waals surface area contributed by atoms with Gasteiger partial charge in [-0.25, -0.2) is 9.67 Å². The molecule has 11 nitrogen and oxygen atoms in total. The average molecular weight is 645 g/mol. The summed E-state index contributed by atoms with van der Waals surface area (Å²) in [4.78, 5) is 18.5. The van der Waals surface area contributed by atoms with E-state index in [4.69, 9.17) is 9.72 Å². The number of aryl methyl sites for hydroxylation is 2. The lowest BCUT2D eigenvalue weighted by Gasteiger charge is -2.28. The smallest absolute Gasteiger partial charge is 0.251 e. The topological polar surface area (TPSA) is 154 Å². The van der Waals surface area contributed by atoms with Crippen LogP contribution in [0.1, 0.15) is 84.9 Å². The van der Waals surface area contributed by atoms with Gasteiger partial charge in [0.1, 0.15) is 5.75 Å². The SMILES string of the molecule is CCc1nc2c(cnn2CC)c(NC2CCOCC2)c1CNC(=O)c1cccc(CC(C)(C)NCC(O)c2ccc(O)c(CO)c2)c1. The maximum absolute atomic E-state index is 13.5. The highest BCUT2D eigenvalue weighted by Gasteiger charge is 2.23. The van der Waals surface area contributed by atoms with Crippen molar-refractivity contribution in [2.75, 3.05) is 25.1 Å². The van der Waals surface area contributed by atoms with Gasteiger partial charge in [0.15, 0.2) is 5.65 Å². The number of aromatic nitrogens is 3. The first kappa shape index (κ1) is 34.3. The molecule has 0 bridgehead atoms. The first-order valence-corrected chi connectivity index (χ1v) is 16.6. The Hall–Kier alpha value is -4.03. The Labute approximate surface area is 276 Å². The lowest BCUT2D eigenvalue weighted by atomic mass is 9.93. The molecule has 1 unspecified atom stereocenters. The molecule has 1 fully saturated rings. The molecule has 0 saturated carbocycles. The molecule has 1 saturated heterocycles. The van der Waals surface area contributed by atoms with Crippen LogP contribution in [0.5, 0.6) is 5.75 Å². The Bertz CT molecular complexity index is 1680. The predicted molar refractivity (Wildman–Crippen MR) is 182 cm³/mol. The molecule has 1 aliphatic heterocycles. The molecule has 2 aromatic heterocycles. The Kier molecular flexibility index (Phi) is 11.1. The molecule has 47 heavy (non-hydrogen) atoms. The lowest BCUT2D eigenvalue weighted by Crippen LogP contribution is -2.43. The van der Waals surface area contributed by atoms with E-state index in [1.807, 2.05) is 49.0 Å². The van der Waals surface area contributed by atoms with E-state index in [1.54, 1.807) is 12.1 Å². The third-order valence-corrected chi connectivity index (χ3v) is 8.87. The number of pyridine rings is 1.